The molecule has 0 rings (SSSR count). The molecule has 11 heavy (non-hydrogen) atoms. The third-order valence-corrected chi connectivity index (χ3v) is 0.981. The Labute approximate surface area is 65.1 Å². The summed E-state index contributed by atoms with van der Waals surface area (Å²) in [4.78, 5) is 15.0. The second-order valence-electron chi connectivity index (χ2n) is 2.78. The van der Waals surface area contributed by atoms with Gasteiger partial charge in [0.15, 0.2) is 0 Å². The number of halogens is 1. The van der Waals surface area contributed by atoms with Crippen LogP contribution in [0, 0.1) is 0 Å². The molecule has 0 unspecified atom stereocenters. The summed E-state index contributed by atoms with van der Waals surface area (Å²) in [6, 6.07) is -0.546. The predicted molar refractivity (Wildman–Crippen MR) is 38.7 cm³/mol. The molecule has 0 bridgehead atoms. The number of carbonyl (C=O) groups excluding carboxylic acids is 1. The molecule has 2 amide bonds. The third-order valence-electron chi connectivity index (χ3n) is 0.981. The monoisotopic (exact) mass is 164 g/mol. The summed E-state index contributed by atoms with van der Waals surface area (Å²) in [5, 5.41) is 2.36. The van der Waals surface area contributed by atoms with E-state index in [1.807, 2.05) is 5.48 Å². The number of hydroxylamine groups is 1. The van der Waals surface area contributed by atoms with Crippen molar-refractivity contribution in [3.63, 3.8) is 0 Å². The van der Waals surface area contributed by atoms with Crippen LogP contribution >= 0.6 is 0 Å². The van der Waals surface area contributed by atoms with E-state index in [9.17, 15) is 9.18 Å². The van der Waals surface area contributed by atoms with Crippen LogP contribution in [0.1, 0.15) is 13.8 Å². The Balaban J connectivity index is 3.74. The SMILES string of the molecule is CONC(=O)NC(C)(C)CF. The molecule has 4 nitrogen and oxygen atoms in total. The zero-order chi connectivity index (χ0) is 8.91. The lowest BCUT2D eigenvalue weighted by Crippen LogP contribution is -2.49. The summed E-state index contributed by atoms with van der Waals surface area (Å²) < 4.78 is 12.1. The zero-order valence-corrected chi connectivity index (χ0v) is 6.90. The summed E-state index contributed by atoms with van der Waals surface area (Å²) in [5.74, 6) is 0. The van der Waals surface area contributed by atoms with Gasteiger partial charge < -0.3 is 5.32 Å². The Hall–Kier alpha value is -0.840. The minimum Gasteiger partial charge on any atom is -0.329 e. The Bertz CT molecular complexity index is 139. The maximum atomic E-state index is 12.1. The van der Waals surface area contributed by atoms with Crippen LogP contribution in [0.15, 0.2) is 0 Å². The molecule has 0 aromatic rings. The van der Waals surface area contributed by atoms with Gasteiger partial charge >= 0.3 is 6.03 Å². The van der Waals surface area contributed by atoms with Gasteiger partial charge in [0.1, 0.15) is 6.67 Å². The molecule has 0 atom stereocenters. The van der Waals surface area contributed by atoms with Crippen LogP contribution < -0.4 is 10.8 Å². The van der Waals surface area contributed by atoms with E-state index < -0.39 is 18.2 Å². The average molecular weight is 164 g/mol. The minimum absolute atomic E-state index is 0.546. The first-order chi connectivity index (χ1) is 5.02. The molecule has 2 N–H and O–H groups in total. The van der Waals surface area contributed by atoms with Gasteiger partial charge in [-0.3, -0.25) is 4.84 Å². The largest absolute Gasteiger partial charge is 0.339 e. The van der Waals surface area contributed by atoms with E-state index >= 15 is 0 Å². The molecule has 0 fully saturated rings. The van der Waals surface area contributed by atoms with Crippen molar-refractivity contribution in [2.75, 3.05) is 13.8 Å². The lowest BCUT2D eigenvalue weighted by atomic mass is 10.1. The van der Waals surface area contributed by atoms with Gasteiger partial charge in [-0.05, 0) is 13.8 Å². The second-order valence-corrected chi connectivity index (χ2v) is 2.78. The lowest BCUT2D eigenvalue weighted by Gasteiger charge is -2.21. The minimum atomic E-state index is -0.845. The molecular formula is C6H13FN2O2. The highest BCUT2D eigenvalue weighted by Crippen LogP contribution is 2.01. The van der Waals surface area contributed by atoms with Gasteiger partial charge in [-0.2, -0.15) is 0 Å². The van der Waals surface area contributed by atoms with Crippen molar-refractivity contribution in [1.82, 2.24) is 10.8 Å². The molecule has 0 aliphatic carbocycles. The summed E-state index contributed by atoms with van der Waals surface area (Å²) in [5.41, 5.74) is 1.17. The topological polar surface area (TPSA) is 50.4 Å². The molecule has 0 aromatic carbocycles. The Kier molecular flexibility index (Phi) is 3.81. The Morgan fingerprint density at radius 3 is 2.55 bits per heavy atom. The smallest absolute Gasteiger partial charge is 0.329 e. The molecule has 5 heteroatoms. The number of alkyl halides is 1. The summed E-state index contributed by atoms with van der Waals surface area (Å²) >= 11 is 0. The molecule has 0 spiro atoms. The van der Waals surface area contributed by atoms with Gasteiger partial charge in [-0.25, -0.2) is 14.7 Å². The number of hydrogen-bond acceptors (Lipinski definition) is 2. The van der Waals surface area contributed by atoms with Gasteiger partial charge in [-0.1, -0.05) is 0 Å². The van der Waals surface area contributed by atoms with Crippen LogP contribution in [0.4, 0.5) is 9.18 Å². The first-order valence-corrected chi connectivity index (χ1v) is 3.19. The maximum Gasteiger partial charge on any atom is 0.339 e. The van der Waals surface area contributed by atoms with Crippen molar-refractivity contribution in [1.29, 1.82) is 0 Å². The van der Waals surface area contributed by atoms with E-state index in [1.54, 1.807) is 13.8 Å². The van der Waals surface area contributed by atoms with Crippen molar-refractivity contribution in [3.05, 3.63) is 0 Å². The predicted octanol–water partition coefficient (Wildman–Crippen LogP) is 0.595. The summed E-state index contributed by atoms with van der Waals surface area (Å²) in [6.07, 6.45) is 0. The van der Waals surface area contributed by atoms with E-state index in [4.69, 9.17) is 0 Å². The summed E-state index contributed by atoms with van der Waals surface area (Å²) in [7, 11) is 1.31. The van der Waals surface area contributed by atoms with E-state index in [0.717, 1.165) is 0 Å². The second kappa shape index (κ2) is 4.12. The van der Waals surface area contributed by atoms with Crippen LogP contribution in [0.2, 0.25) is 0 Å². The van der Waals surface area contributed by atoms with Crippen molar-refractivity contribution < 1.29 is 14.0 Å². The number of urea groups is 1. The van der Waals surface area contributed by atoms with E-state index in [2.05, 4.69) is 10.2 Å². The van der Waals surface area contributed by atoms with E-state index in [1.165, 1.54) is 7.11 Å². The number of hydrogen-bond donors (Lipinski definition) is 2. The first-order valence-electron chi connectivity index (χ1n) is 3.19. The maximum absolute atomic E-state index is 12.1. The molecule has 0 saturated carbocycles. The Morgan fingerprint density at radius 1 is 1.64 bits per heavy atom. The van der Waals surface area contributed by atoms with E-state index in [0.29, 0.717) is 0 Å². The van der Waals surface area contributed by atoms with Crippen LogP contribution in [0.3, 0.4) is 0 Å². The van der Waals surface area contributed by atoms with Crippen molar-refractivity contribution in [3.8, 4) is 0 Å². The number of amides is 2. The molecule has 0 aliphatic heterocycles. The highest BCUT2D eigenvalue weighted by molar-refractivity contribution is 5.73. The number of nitrogens with one attached hydrogen (secondary N) is 2. The van der Waals surface area contributed by atoms with E-state index in [-0.39, 0.29) is 0 Å². The van der Waals surface area contributed by atoms with Crippen LogP contribution in [0.25, 0.3) is 0 Å². The van der Waals surface area contributed by atoms with Crippen LogP contribution in [-0.2, 0) is 4.84 Å². The fraction of sp³-hybridized carbons (Fsp3) is 0.833. The first kappa shape index (κ1) is 10.2. The number of rotatable bonds is 3. The quantitative estimate of drug-likeness (QED) is 0.600. The molecular weight excluding hydrogens is 151 g/mol. The average Bonchev–Trinajstić information content (AvgIpc) is 1.87. The van der Waals surface area contributed by atoms with Crippen LogP contribution in [0.5, 0.6) is 0 Å². The lowest BCUT2D eigenvalue weighted by molar-refractivity contribution is 0.102. The molecule has 0 heterocycles. The fourth-order valence-corrected chi connectivity index (χ4v) is 0.459. The van der Waals surface area contributed by atoms with Gasteiger partial charge in [0.25, 0.3) is 0 Å². The summed E-state index contributed by atoms with van der Waals surface area (Å²) in [6.45, 7) is 2.52. The fourth-order valence-electron chi connectivity index (χ4n) is 0.459. The van der Waals surface area contributed by atoms with Crippen molar-refractivity contribution in [2.45, 2.75) is 19.4 Å². The number of carbonyl (C=O) groups is 1. The highest BCUT2D eigenvalue weighted by atomic mass is 19.1. The highest BCUT2D eigenvalue weighted by Gasteiger charge is 2.19. The molecule has 66 valence electrons. The van der Waals surface area contributed by atoms with Crippen molar-refractivity contribution in [2.24, 2.45) is 0 Å². The van der Waals surface area contributed by atoms with Gasteiger partial charge in [0.05, 0.1) is 12.6 Å². The molecule has 0 aromatic heterocycles. The van der Waals surface area contributed by atoms with Gasteiger partial charge in [-0.15, -0.1) is 0 Å². The zero-order valence-electron chi connectivity index (χ0n) is 6.90. The standard InChI is InChI=1S/C6H13FN2O2/c1-6(2,4-7)8-5(10)9-11-3/h4H2,1-3H3,(H2,8,9,10). The molecule has 0 aliphatic rings. The normalized spacial score (nSPS) is 10.9. The van der Waals surface area contributed by atoms with Gasteiger partial charge in [0.2, 0.25) is 0 Å². The van der Waals surface area contributed by atoms with Crippen LogP contribution in [-0.4, -0.2) is 25.4 Å². The molecule has 0 saturated heterocycles. The van der Waals surface area contributed by atoms with Gasteiger partial charge in [0, 0.05) is 0 Å². The third kappa shape index (κ3) is 4.55. The van der Waals surface area contributed by atoms with Crippen molar-refractivity contribution >= 4 is 6.03 Å². The molecule has 0 radical (unpaired) electrons. The Morgan fingerprint density at radius 2 is 2.18 bits per heavy atom.